The summed E-state index contributed by atoms with van der Waals surface area (Å²) in [6, 6.07) is 4.13. The first-order chi connectivity index (χ1) is 15.1. The van der Waals surface area contributed by atoms with E-state index in [1.807, 2.05) is 0 Å². The highest BCUT2D eigenvalue weighted by molar-refractivity contribution is 6.51. The maximum absolute atomic E-state index is 13.4. The number of fused-ring (bicyclic) bond motifs is 1. The molecule has 0 unspecified atom stereocenters. The lowest BCUT2D eigenvalue weighted by Gasteiger charge is -2.06. The third kappa shape index (κ3) is 5.53. The van der Waals surface area contributed by atoms with Crippen molar-refractivity contribution in [3.8, 4) is 11.3 Å². The minimum Gasteiger partial charge on any atom is -0.468 e. The monoisotopic (exact) mass is 461 g/mol. The Kier molecular flexibility index (Phi) is 8.53. The van der Waals surface area contributed by atoms with Crippen LogP contribution in [0, 0.1) is 12.7 Å². The second-order valence-electron chi connectivity index (χ2n) is 6.53. The van der Waals surface area contributed by atoms with Gasteiger partial charge in [-0.25, -0.2) is 9.37 Å². The van der Waals surface area contributed by atoms with E-state index in [2.05, 4.69) is 16.3 Å². The van der Waals surface area contributed by atoms with Crippen molar-refractivity contribution < 1.29 is 24.0 Å². The van der Waals surface area contributed by atoms with Crippen LogP contribution in [0.2, 0.25) is 5.02 Å². The summed E-state index contributed by atoms with van der Waals surface area (Å²) in [5, 5.41) is 16.8. The van der Waals surface area contributed by atoms with Crippen LogP contribution in [0.25, 0.3) is 16.8 Å². The fourth-order valence-corrected chi connectivity index (χ4v) is 3.01. The fraction of sp³-hybridized carbons (Fsp3) is 0.190. The molecular weight excluding hydrogens is 440 g/mol. The first kappa shape index (κ1) is 25.1. The van der Waals surface area contributed by atoms with E-state index in [-0.39, 0.29) is 17.1 Å². The molecule has 0 saturated carbocycles. The molecule has 0 aliphatic rings. The maximum Gasteiger partial charge on any atom is 0.488 e. The molecule has 2 N–H and O–H groups in total. The average Bonchev–Trinajstić information content (AvgIpc) is 3.10. The molecule has 1 aromatic carbocycles. The number of ether oxygens (including phenoxy) is 1. The van der Waals surface area contributed by atoms with E-state index in [0.717, 1.165) is 0 Å². The third-order valence-corrected chi connectivity index (χ3v) is 4.82. The Morgan fingerprint density at radius 2 is 2.06 bits per heavy atom. The minimum atomic E-state index is -1.38. The Bertz CT molecular complexity index is 1240. The molecule has 0 aliphatic heterocycles. The van der Waals surface area contributed by atoms with Gasteiger partial charge in [-0.2, -0.15) is 0 Å². The van der Waals surface area contributed by atoms with E-state index in [1.54, 1.807) is 30.5 Å². The Morgan fingerprint density at radius 3 is 2.56 bits per heavy atom. The number of rotatable bonds is 5. The van der Waals surface area contributed by atoms with Crippen LogP contribution in [0.5, 0.6) is 0 Å². The summed E-state index contributed by atoms with van der Waals surface area (Å²) in [5.74, 6) is -0.504. The molecule has 0 atom stereocenters. The molecule has 0 amide bonds. The third-order valence-electron chi connectivity index (χ3n) is 4.53. The van der Waals surface area contributed by atoms with Crippen LogP contribution in [0.4, 0.5) is 4.39 Å². The number of carbonyl (C=O) groups excluding carboxylic acids is 1. The summed E-state index contributed by atoms with van der Waals surface area (Å²) >= 11 is 5.83. The van der Waals surface area contributed by atoms with Gasteiger partial charge in [0.05, 0.1) is 12.1 Å². The molecule has 0 spiro atoms. The van der Waals surface area contributed by atoms with Gasteiger partial charge in [0.1, 0.15) is 29.4 Å². The Labute approximate surface area is 189 Å². The molecule has 168 valence electrons. The average molecular weight is 462 g/mol. The predicted molar refractivity (Wildman–Crippen MR) is 121 cm³/mol. The first-order valence-corrected chi connectivity index (χ1v) is 9.77. The quantitative estimate of drug-likeness (QED) is 0.344. The second-order valence-corrected chi connectivity index (χ2v) is 6.94. The molecule has 0 radical (unpaired) electrons. The number of aryl methyl sites for hydroxylation is 1. The predicted octanol–water partition coefficient (Wildman–Crippen LogP) is 2.57. The van der Waals surface area contributed by atoms with E-state index in [9.17, 15) is 14.0 Å². The number of hydrogen-bond donors (Lipinski definition) is 2. The minimum absolute atomic E-state index is 0.0582. The highest BCUT2D eigenvalue weighted by Gasteiger charge is 2.17. The molecule has 0 aliphatic carbocycles. The van der Waals surface area contributed by atoms with Gasteiger partial charge in [0.25, 0.3) is 5.56 Å². The number of nitrogens with zero attached hydrogens (tertiary/aromatic N) is 3. The Balaban J connectivity index is 0.000000390. The van der Waals surface area contributed by atoms with Crippen molar-refractivity contribution in [2.24, 2.45) is 0 Å². The smallest absolute Gasteiger partial charge is 0.468 e. The topological polar surface area (TPSA) is 106 Å². The number of methoxy groups -OCH3 is 1. The van der Waals surface area contributed by atoms with Gasteiger partial charge in [0, 0.05) is 18.0 Å². The van der Waals surface area contributed by atoms with Crippen LogP contribution >= 0.6 is 11.6 Å². The standard InChI is InChI=1S/C16H13ClFN3O3.C5H9BO2/c1-9-19-14(10-3-4-12(18)11(17)7-10)15-16(23)20(5-6-21(9)15)8-13(22)24-2;1-3-5(4-2)6(7)8/h3-7H,8H2,1-2H3;3-4,7-8H,1H2,2H3/b;5-4+. The number of carbonyl (C=O) groups is 1. The van der Waals surface area contributed by atoms with Crippen molar-refractivity contribution in [3.63, 3.8) is 0 Å². The Morgan fingerprint density at radius 1 is 1.38 bits per heavy atom. The van der Waals surface area contributed by atoms with Gasteiger partial charge >= 0.3 is 13.1 Å². The molecule has 32 heavy (non-hydrogen) atoms. The zero-order valence-corrected chi connectivity index (χ0v) is 18.5. The summed E-state index contributed by atoms with van der Waals surface area (Å²) in [6.07, 6.45) is 6.13. The number of benzene rings is 1. The zero-order valence-electron chi connectivity index (χ0n) is 17.7. The zero-order chi connectivity index (χ0) is 24.0. The number of imidazole rings is 1. The van der Waals surface area contributed by atoms with Crippen LogP contribution in [0.1, 0.15) is 12.7 Å². The van der Waals surface area contributed by atoms with Crippen LogP contribution < -0.4 is 5.56 Å². The first-order valence-electron chi connectivity index (χ1n) is 9.39. The molecule has 11 heteroatoms. The van der Waals surface area contributed by atoms with Crippen molar-refractivity contribution >= 4 is 30.2 Å². The van der Waals surface area contributed by atoms with Crippen molar-refractivity contribution in [2.45, 2.75) is 20.4 Å². The Hall–Kier alpha value is -3.21. The molecule has 3 aromatic rings. The second kappa shape index (κ2) is 10.9. The van der Waals surface area contributed by atoms with Crippen LogP contribution in [0.15, 0.2) is 59.6 Å². The van der Waals surface area contributed by atoms with Crippen molar-refractivity contribution in [1.82, 2.24) is 14.0 Å². The lowest BCUT2D eigenvalue weighted by Crippen LogP contribution is -2.25. The van der Waals surface area contributed by atoms with Gasteiger partial charge < -0.3 is 19.4 Å². The number of aromatic nitrogens is 3. The molecule has 2 aromatic heterocycles. The van der Waals surface area contributed by atoms with Gasteiger partial charge in [0.2, 0.25) is 0 Å². The van der Waals surface area contributed by atoms with E-state index >= 15 is 0 Å². The van der Waals surface area contributed by atoms with Gasteiger partial charge in [-0.15, -0.1) is 0 Å². The maximum atomic E-state index is 13.4. The SMILES string of the molecule is C=C/C(=C\C)B(O)O.COC(=O)Cn1ccn2c(C)nc(-c3ccc(F)c(Cl)c3)c2c1=O. The largest absolute Gasteiger partial charge is 0.488 e. The van der Waals surface area contributed by atoms with Crippen LogP contribution in [-0.2, 0) is 16.1 Å². The summed E-state index contributed by atoms with van der Waals surface area (Å²) < 4.78 is 20.8. The van der Waals surface area contributed by atoms with E-state index in [0.29, 0.717) is 22.6 Å². The van der Waals surface area contributed by atoms with Crippen molar-refractivity contribution in [1.29, 1.82) is 0 Å². The molecule has 3 rings (SSSR count). The number of esters is 1. The number of halogens is 2. The van der Waals surface area contributed by atoms with E-state index in [1.165, 1.54) is 42.1 Å². The highest BCUT2D eigenvalue weighted by atomic mass is 35.5. The summed E-state index contributed by atoms with van der Waals surface area (Å²) in [7, 11) is -0.127. The fourth-order valence-electron chi connectivity index (χ4n) is 2.83. The highest BCUT2D eigenvalue weighted by Crippen LogP contribution is 2.26. The van der Waals surface area contributed by atoms with Crippen LogP contribution in [0.3, 0.4) is 0 Å². The normalized spacial score (nSPS) is 11.0. The summed E-state index contributed by atoms with van der Waals surface area (Å²) in [6.45, 7) is 6.62. The molecule has 0 saturated heterocycles. The van der Waals surface area contributed by atoms with Crippen molar-refractivity contribution in [2.75, 3.05) is 7.11 Å². The van der Waals surface area contributed by atoms with E-state index < -0.39 is 24.5 Å². The molecule has 0 fully saturated rings. The summed E-state index contributed by atoms with van der Waals surface area (Å²) in [5.41, 5.74) is 1.20. The molecule has 8 nitrogen and oxygen atoms in total. The van der Waals surface area contributed by atoms with Crippen LogP contribution in [-0.4, -0.2) is 44.2 Å². The van der Waals surface area contributed by atoms with Gasteiger partial charge in [-0.3, -0.25) is 14.0 Å². The number of hydrogen-bond acceptors (Lipinski definition) is 6. The van der Waals surface area contributed by atoms with Crippen molar-refractivity contribution in [3.05, 3.63) is 81.8 Å². The molecule has 2 heterocycles. The molecule has 0 bridgehead atoms. The molecular formula is C21H22BClFN3O5. The van der Waals surface area contributed by atoms with E-state index in [4.69, 9.17) is 21.6 Å². The van der Waals surface area contributed by atoms with Gasteiger partial charge in [-0.05, 0) is 37.5 Å². The lowest BCUT2D eigenvalue weighted by atomic mass is 9.79. The summed E-state index contributed by atoms with van der Waals surface area (Å²) in [4.78, 5) is 28.6. The van der Waals surface area contributed by atoms with Gasteiger partial charge in [0.15, 0.2) is 0 Å². The lowest BCUT2D eigenvalue weighted by molar-refractivity contribution is -0.141. The van der Waals surface area contributed by atoms with Gasteiger partial charge in [-0.1, -0.05) is 30.3 Å². The number of allylic oxidation sites excluding steroid dienone is 3.